The van der Waals surface area contributed by atoms with Crippen molar-refractivity contribution in [2.75, 3.05) is 0 Å². The summed E-state index contributed by atoms with van der Waals surface area (Å²) in [6.45, 7) is 2.06. The number of aliphatic hydroxyl groups is 1. The molecule has 0 amide bonds. The van der Waals surface area contributed by atoms with Gasteiger partial charge in [0.1, 0.15) is 0 Å². The van der Waals surface area contributed by atoms with Gasteiger partial charge in [-0.2, -0.15) is 0 Å². The van der Waals surface area contributed by atoms with E-state index in [0.29, 0.717) is 0 Å². The molecule has 1 rings (SSSR count). The standard InChI is InChI=1S/C7H11NOS/c1-2-3-6(9)7-4-8-5-10-7/h4-6,9H,2-3H2,1H3/t6-/m0/s1. The molecule has 56 valence electrons. The van der Waals surface area contributed by atoms with Crippen LogP contribution in [0.3, 0.4) is 0 Å². The van der Waals surface area contributed by atoms with Crippen LogP contribution in [-0.4, -0.2) is 10.1 Å². The van der Waals surface area contributed by atoms with Crippen LogP contribution in [0.5, 0.6) is 0 Å². The summed E-state index contributed by atoms with van der Waals surface area (Å²) in [4.78, 5) is 4.86. The molecule has 0 bridgehead atoms. The van der Waals surface area contributed by atoms with Crippen LogP contribution >= 0.6 is 11.3 Å². The highest BCUT2D eigenvalue weighted by molar-refractivity contribution is 7.09. The molecule has 0 unspecified atom stereocenters. The summed E-state index contributed by atoms with van der Waals surface area (Å²) in [5, 5.41) is 9.38. The highest BCUT2D eigenvalue weighted by Crippen LogP contribution is 2.20. The molecule has 3 heteroatoms. The predicted molar refractivity (Wildman–Crippen MR) is 42.0 cm³/mol. The summed E-state index contributed by atoms with van der Waals surface area (Å²) in [7, 11) is 0. The fraction of sp³-hybridized carbons (Fsp3) is 0.571. The van der Waals surface area contributed by atoms with Crippen LogP contribution in [0.15, 0.2) is 11.7 Å². The molecule has 0 aliphatic carbocycles. The van der Waals surface area contributed by atoms with Crippen LogP contribution in [0.2, 0.25) is 0 Å². The van der Waals surface area contributed by atoms with Gasteiger partial charge in [-0.05, 0) is 6.42 Å². The molecule has 0 saturated heterocycles. The number of rotatable bonds is 3. The third kappa shape index (κ3) is 1.78. The van der Waals surface area contributed by atoms with E-state index < -0.39 is 0 Å². The van der Waals surface area contributed by atoms with E-state index in [9.17, 15) is 5.11 Å². The van der Waals surface area contributed by atoms with Crippen molar-refractivity contribution >= 4 is 11.3 Å². The number of hydrogen-bond acceptors (Lipinski definition) is 3. The highest BCUT2D eigenvalue weighted by Gasteiger charge is 2.06. The zero-order chi connectivity index (χ0) is 7.40. The van der Waals surface area contributed by atoms with Crippen LogP contribution in [0.4, 0.5) is 0 Å². The summed E-state index contributed by atoms with van der Waals surface area (Å²) in [5.74, 6) is 0. The van der Waals surface area contributed by atoms with Gasteiger partial charge < -0.3 is 5.11 Å². The Hall–Kier alpha value is -0.410. The molecule has 0 aromatic carbocycles. The lowest BCUT2D eigenvalue weighted by atomic mass is 10.2. The van der Waals surface area contributed by atoms with E-state index in [4.69, 9.17) is 0 Å². The van der Waals surface area contributed by atoms with Crippen molar-refractivity contribution in [2.24, 2.45) is 0 Å². The van der Waals surface area contributed by atoms with Gasteiger partial charge in [0, 0.05) is 6.20 Å². The van der Waals surface area contributed by atoms with Crippen molar-refractivity contribution in [1.82, 2.24) is 4.98 Å². The first-order chi connectivity index (χ1) is 4.84. The molecule has 1 aromatic heterocycles. The maximum atomic E-state index is 9.38. The fourth-order valence-corrected chi connectivity index (χ4v) is 1.45. The number of nitrogens with zero attached hydrogens (tertiary/aromatic N) is 1. The molecule has 0 saturated carbocycles. The van der Waals surface area contributed by atoms with E-state index in [1.807, 2.05) is 0 Å². The fourth-order valence-electron chi connectivity index (χ4n) is 0.806. The van der Waals surface area contributed by atoms with Crippen LogP contribution in [0, 0.1) is 0 Å². The lowest BCUT2D eigenvalue weighted by molar-refractivity contribution is 0.170. The Morgan fingerprint density at radius 1 is 1.80 bits per heavy atom. The third-order valence-electron chi connectivity index (χ3n) is 1.34. The second-order valence-corrected chi connectivity index (χ2v) is 3.13. The molecule has 0 aliphatic heterocycles. The summed E-state index contributed by atoms with van der Waals surface area (Å²) in [6.07, 6.45) is 3.28. The smallest absolute Gasteiger partial charge is 0.0897 e. The first-order valence-electron chi connectivity index (χ1n) is 3.41. The van der Waals surface area contributed by atoms with Gasteiger partial charge in [0.25, 0.3) is 0 Å². The molecule has 0 spiro atoms. The molecule has 1 atom stereocenters. The van der Waals surface area contributed by atoms with Crippen molar-refractivity contribution < 1.29 is 5.11 Å². The molecule has 0 aliphatic rings. The Balaban J connectivity index is 2.50. The average Bonchev–Trinajstić information content (AvgIpc) is 2.38. The van der Waals surface area contributed by atoms with Gasteiger partial charge in [0.15, 0.2) is 0 Å². The van der Waals surface area contributed by atoms with E-state index in [2.05, 4.69) is 11.9 Å². The second kappa shape index (κ2) is 3.68. The minimum atomic E-state index is -0.294. The topological polar surface area (TPSA) is 33.1 Å². The molecule has 1 N–H and O–H groups in total. The maximum absolute atomic E-state index is 9.38. The zero-order valence-corrected chi connectivity index (χ0v) is 6.77. The van der Waals surface area contributed by atoms with E-state index in [0.717, 1.165) is 17.7 Å². The second-order valence-electron chi connectivity index (χ2n) is 2.21. The highest BCUT2D eigenvalue weighted by atomic mass is 32.1. The Bertz CT molecular complexity index is 174. The summed E-state index contributed by atoms with van der Waals surface area (Å²) in [6, 6.07) is 0. The van der Waals surface area contributed by atoms with Gasteiger partial charge in [-0.15, -0.1) is 11.3 Å². The van der Waals surface area contributed by atoms with Crippen molar-refractivity contribution in [3.05, 3.63) is 16.6 Å². The van der Waals surface area contributed by atoms with Crippen LogP contribution in [0.1, 0.15) is 30.7 Å². The van der Waals surface area contributed by atoms with E-state index >= 15 is 0 Å². The largest absolute Gasteiger partial charge is 0.388 e. The van der Waals surface area contributed by atoms with Gasteiger partial charge in [-0.1, -0.05) is 13.3 Å². The minimum absolute atomic E-state index is 0.294. The first kappa shape index (κ1) is 7.69. The normalized spacial score (nSPS) is 13.4. The zero-order valence-electron chi connectivity index (χ0n) is 5.95. The first-order valence-corrected chi connectivity index (χ1v) is 4.29. The van der Waals surface area contributed by atoms with Gasteiger partial charge >= 0.3 is 0 Å². The third-order valence-corrected chi connectivity index (χ3v) is 2.22. The van der Waals surface area contributed by atoms with Crippen molar-refractivity contribution in [1.29, 1.82) is 0 Å². The Kier molecular flexibility index (Phi) is 2.83. The molecular weight excluding hydrogens is 146 g/mol. The molecule has 2 nitrogen and oxygen atoms in total. The minimum Gasteiger partial charge on any atom is -0.388 e. The predicted octanol–water partition coefficient (Wildman–Crippen LogP) is 1.98. The molecule has 10 heavy (non-hydrogen) atoms. The number of aromatic nitrogens is 1. The summed E-state index contributed by atoms with van der Waals surface area (Å²) >= 11 is 1.51. The van der Waals surface area contributed by atoms with Crippen molar-refractivity contribution in [2.45, 2.75) is 25.9 Å². The Labute approximate surface area is 64.5 Å². The number of aliphatic hydroxyl groups excluding tert-OH is 1. The van der Waals surface area contributed by atoms with Crippen LogP contribution < -0.4 is 0 Å². The molecule has 0 radical (unpaired) electrons. The van der Waals surface area contributed by atoms with E-state index in [1.165, 1.54) is 11.3 Å². The summed E-state index contributed by atoms with van der Waals surface area (Å²) < 4.78 is 0. The van der Waals surface area contributed by atoms with Gasteiger partial charge in [0.05, 0.1) is 16.5 Å². The Morgan fingerprint density at radius 3 is 3.10 bits per heavy atom. The monoisotopic (exact) mass is 157 g/mol. The lowest BCUT2D eigenvalue weighted by Gasteiger charge is -2.03. The SMILES string of the molecule is CCC[C@H](O)c1cncs1. The lowest BCUT2D eigenvalue weighted by Crippen LogP contribution is -1.92. The average molecular weight is 157 g/mol. The van der Waals surface area contributed by atoms with Gasteiger partial charge in [0.2, 0.25) is 0 Å². The molecular formula is C7H11NOS. The van der Waals surface area contributed by atoms with Crippen LogP contribution in [-0.2, 0) is 0 Å². The number of thiazole rings is 1. The van der Waals surface area contributed by atoms with E-state index in [-0.39, 0.29) is 6.10 Å². The maximum Gasteiger partial charge on any atom is 0.0897 e. The van der Waals surface area contributed by atoms with Gasteiger partial charge in [-0.25, -0.2) is 0 Å². The summed E-state index contributed by atoms with van der Waals surface area (Å²) in [5.41, 5.74) is 1.74. The van der Waals surface area contributed by atoms with Gasteiger partial charge in [-0.3, -0.25) is 4.98 Å². The Morgan fingerprint density at radius 2 is 2.60 bits per heavy atom. The van der Waals surface area contributed by atoms with E-state index in [1.54, 1.807) is 11.7 Å². The molecule has 1 aromatic rings. The quantitative estimate of drug-likeness (QED) is 0.727. The molecule has 1 heterocycles. The van der Waals surface area contributed by atoms with Crippen molar-refractivity contribution in [3.8, 4) is 0 Å². The van der Waals surface area contributed by atoms with Crippen LogP contribution in [0.25, 0.3) is 0 Å². The van der Waals surface area contributed by atoms with Crippen molar-refractivity contribution in [3.63, 3.8) is 0 Å². The number of hydrogen-bond donors (Lipinski definition) is 1. The molecule has 0 fully saturated rings.